The van der Waals surface area contributed by atoms with Gasteiger partial charge in [-0.3, -0.25) is 14.2 Å². The van der Waals surface area contributed by atoms with Crippen molar-refractivity contribution in [3.05, 3.63) is 46.0 Å². The molecular formula is C19H21N3O3S2. The van der Waals surface area contributed by atoms with Crippen molar-refractivity contribution in [1.29, 1.82) is 0 Å². The number of rotatable bonds is 6. The standard InChI is InChI=1S/C19H21N3O3S2/c23-16(20-11-14-7-4-9-25-14)12-27-19-21-15-8-10-26-17(15)18(24)22(19)13-5-2-1-3-6-13/h4,7-10,13H,1-3,5-6,11-12H2,(H,20,23). The Hall–Kier alpha value is -2.06. The van der Waals surface area contributed by atoms with Gasteiger partial charge >= 0.3 is 0 Å². The predicted molar refractivity (Wildman–Crippen MR) is 107 cm³/mol. The van der Waals surface area contributed by atoms with Crippen LogP contribution in [0.5, 0.6) is 0 Å². The van der Waals surface area contributed by atoms with E-state index in [1.54, 1.807) is 12.3 Å². The number of hydrogen-bond donors (Lipinski definition) is 1. The molecule has 27 heavy (non-hydrogen) atoms. The fourth-order valence-electron chi connectivity index (χ4n) is 3.45. The number of nitrogens with zero attached hydrogens (tertiary/aromatic N) is 2. The molecule has 0 unspecified atom stereocenters. The zero-order valence-corrected chi connectivity index (χ0v) is 16.5. The second-order valence-corrected chi connectivity index (χ2v) is 8.50. The lowest BCUT2D eigenvalue weighted by Gasteiger charge is -2.25. The first kappa shape index (κ1) is 18.3. The monoisotopic (exact) mass is 403 g/mol. The molecule has 1 N–H and O–H groups in total. The highest BCUT2D eigenvalue weighted by Gasteiger charge is 2.22. The predicted octanol–water partition coefficient (Wildman–Crippen LogP) is 3.96. The van der Waals surface area contributed by atoms with E-state index in [9.17, 15) is 9.59 Å². The van der Waals surface area contributed by atoms with Crippen molar-refractivity contribution in [2.45, 2.75) is 49.8 Å². The molecule has 1 aliphatic rings. The van der Waals surface area contributed by atoms with Crippen LogP contribution < -0.4 is 10.9 Å². The van der Waals surface area contributed by atoms with Crippen molar-refractivity contribution < 1.29 is 9.21 Å². The van der Waals surface area contributed by atoms with Gasteiger partial charge in [-0.25, -0.2) is 4.98 Å². The summed E-state index contributed by atoms with van der Waals surface area (Å²) in [6.45, 7) is 0.360. The SMILES string of the molecule is O=C(CSc1nc2ccsc2c(=O)n1C1CCCCC1)NCc1ccco1. The van der Waals surface area contributed by atoms with Crippen LogP contribution in [-0.4, -0.2) is 21.2 Å². The number of nitrogens with one attached hydrogen (secondary N) is 1. The van der Waals surface area contributed by atoms with Crippen molar-refractivity contribution in [2.75, 3.05) is 5.75 Å². The van der Waals surface area contributed by atoms with Gasteiger partial charge in [0.05, 0.1) is 24.1 Å². The molecule has 0 bridgehead atoms. The number of thiophene rings is 1. The number of carbonyl (C=O) groups is 1. The van der Waals surface area contributed by atoms with Gasteiger partial charge in [0, 0.05) is 6.04 Å². The lowest BCUT2D eigenvalue weighted by molar-refractivity contribution is -0.118. The Morgan fingerprint density at radius 2 is 2.19 bits per heavy atom. The molecule has 1 fully saturated rings. The van der Waals surface area contributed by atoms with Gasteiger partial charge in [0.1, 0.15) is 10.5 Å². The van der Waals surface area contributed by atoms with Crippen molar-refractivity contribution in [3.63, 3.8) is 0 Å². The summed E-state index contributed by atoms with van der Waals surface area (Å²) < 4.78 is 7.76. The molecule has 6 nitrogen and oxygen atoms in total. The molecule has 3 aromatic rings. The number of thioether (sulfide) groups is 1. The van der Waals surface area contributed by atoms with E-state index < -0.39 is 0 Å². The van der Waals surface area contributed by atoms with Gasteiger partial charge in [-0.1, -0.05) is 31.0 Å². The molecule has 0 saturated heterocycles. The van der Waals surface area contributed by atoms with Crippen LogP contribution in [0.2, 0.25) is 0 Å². The zero-order valence-electron chi connectivity index (χ0n) is 14.8. The van der Waals surface area contributed by atoms with Crippen LogP contribution >= 0.6 is 23.1 Å². The van der Waals surface area contributed by atoms with Crippen LogP contribution in [0.3, 0.4) is 0 Å². The molecule has 0 atom stereocenters. The largest absolute Gasteiger partial charge is 0.467 e. The summed E-state index contributed by atoms with van der Waals surface area (Å²) in [4.78, 5) is 29.9. The van der Waals surface area contributed by atoms with E-state index in [4.69, 9.17) is 9.40 Å². The Bertz CT molecular complexity index is 972. The minimum Gasteiger partial charge on any atom is -0.467 e. The molecule has 1 saturated carbocycles. The first-order valence-corrected chi connectivity index (χ1v) is 11.0. The van der Waals surface area contributed by atoms with Crippen LogP contribution in [0.25, 0.3) is 10.2 Å². The Kier molecular flexibility index (Phi) is 5.63. The number of hydrogen-bond acceptors (Lipinski definition) is 6. The summed E-state index contributed by atoms with van der Waals surface area (Å²) in [7, 11) is 0. The van der Waals surface area contributed by atoms with Gasteiger partial charge in [0.25, 0.3) is 5.56 Å². The summed E-state index contributed by atoms with van der Waals surface area (Å²) >= 11 is 2.77. The van der Waals surface area contributed by atoms with E-state index in [2.05, 4.69) is 5.32 Å². The van der Waals surface area contributed by atoms with E-state index in [0.717, 1.165) is 31.2 Å². The molecule has 142 valence electrons. The third kappa shape index (κ3) is 4.11. The number of carbonyl (C=O) groups excluding carboxylic acids is 1. The summed E-state index contributed by atoms with van der Waals surface area (Å²) in [5.41, 5.74) is 0.746. The molecule has 0 aliphatic heterocycles. The highest BCUT2D eigenvalue weighted by Crippen LogP contribution is 2.31. The van der Waals surface area contributed by atoms with E-state index in [1.165, 1.54) is 29.5 Å². The highest BCUT2D eigenvalue weighted by molar-refractivity contribution is 7.99. The molecular weight excluding hydrogens is 382 g/mol. The first-order chi connectivity index (χ1) is 13.2. The van der Waals surface area contributed by atoms with Crippen molar-refractivity contribution >= 4 is 39.2 Å². The van der Waals surface area contributed by atoms with E-state index in [1.807, 2.05) is 22.1 Å². The summed E-state index contributed by atoms with van der Waals surface area (Å²) in [6, 6.07) is 5.66. The first-order valence-electron chi connectivity index (χ1n) is 9.14. The van der Waals surface area contributed by atoms with Crippen LogP contribution in [0.1, 0.15) is 43.9 Å². The van der Waals surface area contributed by atoms with Gasteiger partial charge in [-0.05, 0) is 36.4 Å². The van der Waals surface area contributed by atoms with Crippen LogP contribution in [0, 0.1) is 0 Å². The lowest BCUT2D eigenvalue weighted by atomic mass is 9.95. The number of furan rings is 1. The smallest absolute Gasteiger partial charge is 0.272 e. The molecule has 3 heterocycles. The molecule has 8 heteroatoms. The maximum Gasteiger partial charge on any atom is 0.272 e. The second-order valence-electron chi connectivity index (χ2n) is 6.64. The molecule has 1 amide bonds. The van der Waals surface area contributed by atoms with Gasteiger partial charge in [-0.2, -0.15) is 0 Å². The number of amides is 1. The fraction of sp³-hybridized carbons (Fsp3) is 0.421. The minimum atomic E-state index is -0.105. The maximum atomic E-state index is 13.0. The van der Waals surface area contributed by atoms with Crippen molar-refractivity contribution in [3.8, 4) is 0 Å². The normalized spacial score (nSPS) is 15.3. The molecule has 1 aliphatic carbocycles. The Morgan fingerprint density at radius 3 is 2.96 bits per heavy atom. The molecule has 4 rings (SSSR count). The van der Waals surface area contributed by atoms with E-state index in [0.29, 0.717) is 22.2 Å². The Labute approximate surface area is 165 Å². The Balaban J connectivity index is 1.52. The molecule has 0 aromatic carbocycles. The molecule has 0 radical (unpaired) electrons. The van der Waals surface area contributed by atoms with Crippen LogP contribution in [0.15, 0.2) is 44.2 Å². The van der Waals surface area contributed by atoms with E-state index >= 15 is 0 Å². The minimum absolute atomic E-state index is 0.0281. The van der Waals surface area contributed by atoms with Crippen molar-refractivity contribution in [2.24, 2.45) is 0 Å². The van der Waals surface area contributed by atoms with Gasteiger partial charge in [0.15, 0.2) is 5.16 Å². The van der Waals surface area contributed by atoms with E-state index in [-0.39, 0.29) is 23.3 Å². The van der Waals surface area contributed by atoms with Crippen LogP contribution in [0.4, 0.5) is 0 Å². The summed E-state index contributed by atoms with van der Waals surface area (Å²) in [5, 5.41) is 5.38. The highest BCUT2D eigenvalue weighted by atomic mass is 32.2. The van der Waals surface area contributed by atoms with Crippen LogP contribution in [-0.2, 0) is 11.3 Å². The average Bonchev–Trinajstić information content (AvgIpc) is 3.37. The second kappa shape index (κ2) is 8.31. The fourth-order valence-corrected chi connectivity index (χ4v) is 5.11. The topological polar surface area (TPSA) is 77.1 Å². The quantitative estimate of drug-likeness (QED) is 0.498. The Morgan fingerprint density at radius 1 is 1.33 bits per heavy atom. The third-order valence-corrected chi connectivity index (χ3v) is 6.64. The molecule has 0 spiro atoms. The lowest BCUT2D eigenvalue weighted by Crippen LogP contribution is -2.29. The molecule has 3 aromatic heterocycles. The summed E-state index contributed by atoms with van der Waals surface area (Å²) in [5.74, 6) is 0.826. The van der Waals surface area contributed by atoms with Crippen molar-refractivity contribution in [1.82, 2.24) is 14.9 Å². The van der Waals surface area contributed by atoms with Gasteiger partial charge < -0.3 is 9.73 Å². The number of aromatic nitrogens is 2. The van der Waals surface area contributed by atoms with Gasteiger partial charge in [-0.15, -0.1) is 11.3 Å². The zero-order chi connectivity index (χ0) is 18.6. The maximum absolute atomic E-state index is 13.0. The summed E-state index contributed by atoms with van der Waals surface area (Å²) in [6.07, 6.45) is 7.06. The van der Waals surface area contributed by atoms with Gasteiger partial charge in [0.2, 0.25) is 5.91 Å². The number of fused-ring (bicyclic) bond motifs is 1. The third-order valence-electron chi connectivity index (χ3n) is 4.79. The average molecular weight is 404 g/mol.